The molecule has 3 aromatic rings. The predicted molar refractivity (Wildman–Crippen MR) is 104 cm³/mol. The van der Waals surface area contributed by atoms with Crippen LogP contribution in [-0.4, -0.2) is 28.8 Å². The molecule has 0 fully saturated rings. The van der Waals surface area contributed by atoms with Crippen molar-refractivity contribution in [3.05, 3.63) is 71.8 Å². The third-order valence-corrected chi connectivity index (χ3v) is 5.96. The lowest BCUT2D eigenvalue weighted by molar-refractivity contribution is 0.402. The van der Waals surface area contributed by atoms with Crippen molar-refractivity contribution in [2.45, 2.75) is 11.4 Å². The average Bonchev–Trinajstić information content (AvgIpc) is 2.70. The Kier molecular flexibility index (Phi) is 5.21. The summed E-state index contributed by atoms with van der Waals surface area (Å²) in [6, 6.07) is 14.9. The van der Waals surface area contributed by atoms with Gasteiger partial charge in [0.25, 0.3) is 10.0 Å². The van der Waals surface area contributed by atoms with E-state index >= 15 is 0 Å². The topological polar surface area (TPSA) is 142 Å². The van der Waals surface area contributed by atoms with Gasteiger partial charge in [-0.25, -0.2) is 8.42 Å². The number of nitriles is 1. The minimum absolute atomic E-state index is 0.0669. The first-order valence-corrected chi connectivity index (χ1v) is 9.72. The summed E-state index contributed by atoms with van der Waals surface area (Å²) in [7, 11) is -4.23. The lowest BCUT2D eigenvalue weighted by atomic mass is 10.1. The predicted octanol–water partition coefficient (Wildman–Crippen LogP) is 2.78. The van der Waals surface area contributed by atoms with E-state index in [2.05, 4.69) is 0 Å². The smallest absolute Gasteiger partial charge is 0.264 e. The molecular weight excluding hydrogens is 396 g/mol. The molecule has 0 saturated heterocycles. The number of benzene rings is 3. The zero-order valence-corrected chi connectivity index (χ0v) is 15.7. The molecule has 0 saturated carbocycles. The van der Waals surface area contributed by atoms with E-state index < -0.39 is 33.0 Å². The lowest BCUT2D eigenvalue weighted by Crippen LogP contribution is -2.30. The van der Waals surface area contributed by atoms with E-state index in [0.29, 0.717) is 11.1 Å². The number of rotatable bonds is 5. The number of hydrogen-bond donors (Lipinski definition) is 4. The van der Waals surface area contributed by atoms with Crippen LogP contribution in [0.15, 0.2) is 65.6 Å². The molecule has 3 rings (SSSR count). The highest BCUT2D eigenvalue weighted by Crippen LogP contribution is 2.35. The molecule has 8 nitrogen and oxygen atoms in total. The van der Waals surface area contributed by atoms with Crippen LogP contribution < -0.4 is 4.31 Å². The largest absolute Gasteiger partial charge is 0.504 e. The SMILES string of the molecule is N#Cc1ccc(CN(c2ccc(O)c(O)c2)S(=O)(=O)c2ccc(O)c(O)c2)cc1. The summed E-state index contributed by atoms with van der Waals surface area (Å²) in [5.74, 6) is -1.98. The molecule has 0 aliphatic carbocycles. The van der Waals surface area contributed by atoms with Crippen molar-refractivity contribution < 1.29 is 28.8 Å². The van der Waals surface area contributed by atoms with Crippen molar-refractivity contribution in [3.63, 3.8) is 0 Å². The minimum Gasteiger partial charge on any atom is -0.504 e. The molecule has 9 heteroatoms. The normalized spacial score (nSPS) is 11.0. The highest BCUT2D eigenvalue weighted by molar-refractivity contribution is 7.92. The molecule has 0 spiro atoms. The third-order valence-electron chi connectivity index (χ3n) is 4.19. The zero-order valence-electron chi connectivity index (χ0n) is 14.9. The van der Waals surface area contributed by atoms with Crippen LogP contribution in [-0.2, 0) is 16.6 Å². The molecule has 4 N–H and O–H groups in total. The highest BCUT2D eigenvalue weighted by atomic mass is 32.2. The summed E-state index contributed by atoms with van der Waals surface area (Å²) in [5, 5.41) is 47.5. The van der Waals surface area contributed by atoms with Gasteiger partial charge < -0.3 is 20.4 Å². The standard InChI is InChI=1S/C20H16N2O6S/c21-11-13-1-3-14(4-2-13)12-22(15-5-7-17(23)19(25)9-15)29(27,28)16-6-8-18(24)20(26)10-16/h1-10,23-26H,12H2. The highest BCUT2D eigenvalue weighted by Gasteiger charge is 2.27. The van der Waals surface area contributed by atoms with Crippen LogP contribution in [0.25, 0.3) is 0 Å². The first-order valence-electron chi connectivity index (χ1n) is 8.28. The van der Waals surface area contributed by atoms with E-state index in [9.17, 15) is 28.8 Å². The number of nitrogens with zero attached hydrogens (tertiary/aromatic N) is 2. The van der Waals surface area contributed by atoms with Crippen LogP contribution in [0.3, 0.4) is 0 Å². The van der Waals surface area contributed by atoms with Gasteiger partial charge in [-0.15, -0.1) is 0 Å². The second-order valence-electron chi connectivity index (χ2n) is 6.14. The monoisotopic (exact) mass is 412 g/mol. The van der Waals surface area contributed by atoms with E-state index in [4.69, 9.17) is 5.26 Å². The molecule has 3 aromatic carbocycles. The maximum Gasteiger partial charge on any atom is 0.264 e. The average molecular weight is 412 g/mol. The van der Waals surface area contributed by atoms with Crippen molar-refractivity contribution in [2.24, 2.45) is 0 Å². The van der Waals surface area contributed by atoms with Gasteiger partial charge in [-0.2, -0.15) is 5.26 Å². The van der Waals surface area contributed by atoms with Gasteiger partial charge in [0.2, 0.25) is 0 Å². The second-order valence-corrected chi connectivity index (χ2v) is 8.01. The molecule has 0 aromatic heterocycles. The molecular formula is C20H16N2O6S. The van der Waals surface area contributed by atoms with E-state index in [1.807, 2.05) is 6.07 Å². The van der Waals surface area contributed by atoms with Gasteiger partial charge in [0.1, 0.15) is 0 Å². The molecule has 0 unspecified atom stereocenters. The van der Waals surface area contributed by atoms with E-state index in [-0.39, 0.29) is 17.1 Å². The van der Waals surface area contributed by atoms with Gasteiger partial charge in [0.05, 0.1) is 28.8 Å². The molecule has 148 valence electrons. The molecule has 0 radical (unpaired) electrons. The Bertz CT molecular complexity index is 1200. The van der Waals surface area contributed by atoms with Crippen molar-refractivity contribution in [1.82, 2.24) is 0 Å². The van der Waals surface area contributed by atoms with Gasteiger partial charge in [0, 0.05) is 12.1 Å². The number of phenolic OH excluding ortho intramolecular Hbond substituents is 4. The van der Waals surface area contributed by atoms with Crippen LogP contribution in [0, 0.1) is 11.3 Å². The maximum atomic E-state index is 13.3. The number of hydrogen-bond acceptors (Lipinski definition) is 7. The minimum atomic E-state index is -4.23. The molecule has 0 heterocycles. The van der Waals surface area contributed by atoms with Crippen LogP contribution in [0.4, 0.5) is 5.69 Å². The van der Waals surface area contributed by atoms with Crippen molar-refractivity contribution in [2.75, 3.05) is 4.31 Å². The maximum absolute atomic E-state index is 13.3. The molecule has 0 aliphatic heterocycles. The first-order chi connectivity index (χ1) is 13.7. The molecule has 0 aliphatic rings. The Balaban J connectivity index is 2.11. The Morgan fingerprint density at radius 3 is 1.93 bits per heavy atom. The van der Waals surface area contributed by atoms with Crippen molar-refractivity contribution in [1.29, 1.82) is 5.26 Å². The number of aromatic hydroxyl groups is 4. The van der Waals surface area contributed by atoms with Crippen LogP contribution >= 0.6 is 0 Å². The van der Waals surface area contributed by atoms with Gasteiger partial charge >= 0.3 is 0 Å². The molecule has 0 amide bonds. The third kappa shape index (κ3) is 4.02. The summed E-state index contributed by atoms with van der Waals surface area (Å²) < 4.78 is 27.5. The fourth-order valence-corrected chi connectivity index (χ4v) is 4.09. The quantitative estimate of drug-likeness (QED) is 0.472. The van der Waals surface area contributed by atoms with Crippen molar-refractivity contribution >= 4 is 15.7 Å². The fraction of sp³-hybridized carbons (Fsp3) is 0.0500. The van der Waals surface area contributed by atoms with Crippen LogP contribution in [0.2, 0.25) is 0 Å². The Morgan fingerprint density at radius 2 is 1.38 bits per heavy atom. The van der Waals surface area contributed by atoms with E-state index in [1.165, 1.54) is 6.07 Å². The summed E-state index contributed by atoms with van der Waals surface area (Å²) in [6.45, 7) is -0.153. The van der Waals surface area contributed by atoms with Gasteiger partial charge in [-0.3, -0.25) is 4.31 Å². The van der Waals surface area contributed by atoms with Crippen molar-refractivity contribution in [3.8, 4) is 29.1 Å². The van der Waals surface area contributed by atoms with Gasteiger partial charge in [-0.1, -0.05) is 12.1 Å². The van der Waals surface area contributed by atoms with Crippen LogP contribution in [0.5, 0.6) is 23.0 Å². The lowest BCUT2D eigenvalue weighted by Gasteiger charge is -2.25. The second kappa shape index (κ2) is 7.61. The summed E-state index contributed by atoms with van der Waals surface area (Å²) in [5.41, 5.74) is 1.04. The summed E-state index contributed by atoms with van der Waals surface area (Å²) in [6.07, 6.45) is 0. The van der Waals surface area contributed by atoms with E-state index in [1.54, 1.807) is 24.3 Å². The molecule has 29 heavy (non-hydrogen) atoms. The van der Waals surface area contributed by atoms with Gasteiger partial charge in [-0.05, 0) is 42.0 Å². The molecule has 0 atom stereocenters. The fourth-order valence-electron chi connectivity index (χ4n) is 2.62. The first kappa shape index (κ1) is 19.9. The Hall–Kier alpha value is -3.90. The van der Waals surface area contributed by atoms with E-state index in [0.717, 1.165) is 34.6 Å². The Morgan fingerprint density at radius 1 is 0.793 bits per heavy atom. The molecule has 0 bridgehead atoms. The van der Waals surface area contributed by atoms with Crippen LogP contribution in [0.1, 0.15) is 11.1 Å². The Labute approximate surface area is 166 Å². The van der Waals surface area contributed by atoms with Gasteiger partial charge in [0.15, 0.2) is 23.0 Å². The number of phenols is 4. The number of sulfonamides is 1. The zero-order chi connectivity index (χ0) is 21.2. The number of anilines is 1. The summed E-state index contributed by atoms with van der Waals surface area (Å²) >= 11 is 0. The summed E-state index contributed by atoms with van der Waals surface area (Å²) in [4.78, 5) is -0.283.